The van der Waals surface area contributed by atoms with E-state index in [9.17, 15) is 4.79 Å². The smallest absolute Gasteiger partial charge is 0.170 e. The highest BCUT2D eigenvalue weighted by molar-refractivity contribution is 5.73. The summed E-state index contributed by atoms with van der Waals surface area (Å²) in [6.45, 7) is 0.548. The van der Waals surface area contributed by atoms with Gasteiger partial charge in [0.15, 0.2) is 6.29 Å². The lowest BCUT2D eigenvalue weighted by Gasteiger charge is -2.24. The summed E-state index contributed by atoms with van der Waals surface area (Å²) < 4.78 is 8.07. The van der Waals surface area contributed by atoms with Crippen LogP contribution in [0.15, 0.2) is 60.8 Å². The summed E-state index contributed by atoms with van der Waals surface area (Å²) in [6.07, 6.45) is 8.82. The van der Waals surface area contributed by atoms with E-state index in [2.05, 4.69) is 21.7 Å². The van der Waals surface area contributed by atoms with Crippen LogP contribution in [-0.2, 0) is 6.61 Å². The second kappa shape index (κ2) is 8.21. The molecule has 4 nitrogen and oxygen atoms in total. The van der Waals surface area contributed by atoms with Crippen LogP contribution in [0.3, 0.4) is 0 Å². The van der Waals surface area contributed by atoms with Crippen LogP contribution in [0.1, 0.15) is 54.2 Å². The van der Waals surface area contributed by atoms with Gasteiger partial charge in [-0.3, -0.25) is 4.79 Å². The first-order valence-corrected chi connectivity index (χ1v) is 9.65. The molecule has 1 fully saturated rings. The fraction of sp³-hybridized carbons (Fsp3) is 0.304. The maximum Gasteiger partial charge on any atom is 0.170 e. The fourth-order valence-electron chi connectivity index (χ4n) is 3.76. The Morgan fingerprint density at radius 1 is 1.00 bits per heavy atom. The zero-order valence-corrected chi connectivity index (χ0v) is 15.4. The number of nitrogens with zero attached hydrogens (tertiary/aromatic N) is 2. The summed E-state index contributed by atoms with van der Waals surface area (Å²) in [5, 5.41) is 0. The lowest BCUT2D eigenvalue weighted by Crippen LogP contribution is -2.13. The van der Waals surface area contributed by atoms with Crippen molar-refractivity contribution in [2.24, 2.45) is 0 Å². The highest BCUT2D eigenvalue weighted by Gasteiger charge is 2.20. The molecule has 0 aliphatic heterocycles. The number of carbonyl (C=O) groups excluding carboxylic acids is 1. The lowest BCUT2D eigenvalue weighted by atomic mass is 9.95. The number of benzene rings is 2. The molecular weight excluding hydrogens is 336 g/mol. The average Bonchev–Trinajstić information content (AvgIpc) is 3.19. The van der Waals surface area contributed by atoms with Gasteiger partial charge in [-0.25, -0.2) is 4.98 Å². The molecule has 4 heteroatoms. The molecule has 138 valence electrons. The maximum atomic E-state index is 11.3. The van der Waals surface area contributed by atoms with E-state index < -0.39 is 0 Å². The van der Waals surface area contributed by atoms with Crippen molar-refractivity contribution in [2.75, 3.05) is 0 Å². The number of aldehydes is 1. The van der Waals surface area contributed by atoms with E-state index in [1.165, 1.54) is 19.3 Å². The van der Waals surface area contributed by atoms with Gasteiger partial charge in [0, 0.05) is 17.8 Å². The Labute approximate surface area is 159 Å². The Morgan fingerprint density at radius 2 is 1.74 bits per heavy atom. The second-order valence-electron chi connectivity index (χ2n) is 7.10. The number of ether oxygens (including phenoxy) is 1. The molecule has 4 rings (SSSR count). The first-order valence-electron chi connectivity index (χ1n) is 9.65. The maximum absolute atomic E-state index is 11.3. The third-order valence-electron chi connectivity index (χ3n) is 5.20. The molecular formula is C23H24N2O2. The van der Waals surface area contributed by atoms with Crippen LogP contribution >= 0.6 is 0 Å². The Hall–Kier alpha value is -2.88. The first kappa shape index (κ1) is 17.5. The Bertz CT molecular complexity index is 879. The summed E-state index contributed by atoms with van der Waals surface area (Å²) in [7, 11) is 0. The van der Waals surface area contributed by atoms with Crippen molar-refractivity contribution in [3.05, 3.63) is 72.1 Å². The molecule has 0 unspecified atom stereocenters. The number of hydrogen-bond donors (Lipinski definition) is 0. The van der Waals surface area contributed by atoms with Crippen molar-refractivity contribution in [2.45, 2.75) is 44.8 Å². The Morgan fingerprint density at radius 3 is 2.44 bits per heavy atom. The predicted molar refractivity (Wildman–Crippen MR) is 106 cm³/mol. The molecule has 2 aromatic carbocycles. The summed E-state index contributed by atoms with van der Waals surface area (Å²) in [5.41, 5.74) is 2.66. The van der Waals surface area contributed by atoms with Gasteiger partial charge >= 0.3 is 0 Å². The topological polar surface area (TPSA) is 44.1 Å². The van der Waals surface area contributed by atoms with Crippen LogP contribution in [-0.4, -0.2) is 15.8 Å². The monoisotopic (exact) mass is 360 g/mol. The van der Waals surface area contributed by atoms with Crippen LogP contribution < -0.4 is 4.74 Å². The molecule has 3 aromatic rings. The van der Waals surface area contributed by atoms with E-state index in [1.807, 2.05) is 48.7 Å². The van der Waals surface area contributed by atoms with Gasteiger partial charge in [-0.15, -0.1) is 0 Å². The van der Waals surface area contributed by atoms with Crippen LogP contribution in [0.2, 0.25) is 0 Å². The quantitative estimate of drug-likeness (QED) is 0.549. The number of imidazole rings is 1. The molecule has 1 aliphatic carbocycles. The standard InChI is InChI=1S/C23H24N2O2/c26-16-20-15-25(21-9-5-2-6-10-21)23(24-20)19-11-13-22(14-12-19)27-17-18-7-3-1-4-8-18/h1,3-4,7-8,11-16,21H,2,5-6,9-10,17H2. The molecule has 1 saturated carbocycles. The third kappa shape index (κ3) is 4.11. The van der Waals surface area contributed by atoms with Gasteiger partial charge < -0.3 is 9.30 Å². The van der Waals surface area contributed by atoms with Crippen LogP contribution in [0, 0.1) is 0 Å². The van der Waals surface area contributed by atoms with Gasteiger partial charge in [-0.05, 0) is 42.7 Å². The van der Waals surface area contributed by atoms with Gasteiger partial charge in [-0.1, -0.05) is 49.6 Å². The van der Waals surface area contributed by atoms with Gasteiger partial charge in [0.1, 0.15) is 23.9 Å². The van der Waals surface area contributed by atoms with Crippen molar-refractivity contribution < 1.29 is 9.53 Å². The normalized spacial score (nSPS) is 14.8. The molecule has 0 atom stereocenters. The zero-order chi connectivity index (χ0) is 18.5. The minimum absolute atomic E-state index is 0.434. The van der Waals surface area contributed by atoms with Gasteiger partial charge in [0.2, 0.25) is 0 Å². The van der Waals surface area contributed by atoms with Crippen LogP contribution in [0.4, 0.5) is 0 Å². The van der Waals surface area contributed by atoms with Crippen molar-refractivity contribution in [1.29, 1.82) is 0 Å². The molecule has 0 spiro atoms. The molecule has 0 radical (unpaired) electrons. The molecule has 0 N–H and O–H groups in total. The molecule has 0 saturated heterocycles. The minimum Gasteiger partial charge on any atom is -0.489 e. The van der Waals surface area contributed by atoms with Gasteiger partial charge in [0.05, 0.1) is 0 Å². The van der Waals surface area contributed by atoms with Crippen LogP contribution in [0.25, 0.3) is 11.4 Å². The molecule has 1 heterocycles. The molecule has 0 bridgehead atoms. The molecule has 27 heavy (non-hydrogen) atoms. The van der Waals surface area contributed by atoms with E-state index in [0.29, 0.717) is 18.3 Å². The van der Waals surface area contributed by atoms with Crippen molar-refractivity contribution in [3.8, 4) is 17.1 Å². The average molecular weight is 360 g/mol. The van der Waals surface area contributed by atoms with Crippen molar-refractivity contribution in [1.82, 2.24) is 9.55 Å². The van der Waals surface area contributed by atoms with Crippen molar-refractivity contribution >= 4 is 6.29 Å². The summed E-state index contributed by atoms with van der Waals surface area (Å²) in [4.78, 5) is 15.8. The predicted octanol–water partition coefficient (Wildman–Crippen LogP) is 5.45. The van der Waals surface area contributed by atoms with E-state index in [4.69, 9.17) is 4.74 Å². The molecule has 1 aliphatic rings. The molecule has 1 aromatic heterocycles. The Balaban J connectivity index is 1.53. The highest BCUT2D eigenvalue weighted by atomic mass is 16.5. The van der Waals surface area contributed by atoms with Crippen LogP contribution in [0.5, 0.6) is 5.75 Å². The number of aromatic nitrogens is 2. The van der Waals surface area contributed by atoms with E-state index in [0.717, 1.165) is 41.8 Å². The second-order valence-corrected chi connectivity index (χ2v) is 7.10. The summed E-state index contributed by atoms with van der Waals surface area (Å²) in [5.74, 6) is 1.70. The van der Waals surface area contributed by atoms with E-state index >= 15 is 0 Å². The lowest BCUT2D eigenvalue weighted by molar-refractivity contribution is 0.111. The number of hydrogen-bond acceptors (Lipinski definition) is 3. The zero-order valence-electron chi connectivity index (χ0n) is 15.4. The SMILES string of the molecule is O=Cc1cn(C2CCCCC2)c(-c2ccc(OCc3ccccc3)cc2)n1. The van der Waals surface area contributed by atoms with E-state index in [1.54, 1.807) is 0 Å². The number of carbonyl (C=O) groups is 1. The minimum atomic E-state index is 0.434. The number of rotatable bonds is 6. The van der Waals surface area contributed by atoms with Gasteiger partial charge in [-0.2, -0.15) is 0 Å². The molecule has 0 amide bonds. The summed E-state index contributed by atoms with van der Waals surface area (Å²) >= 11 is 0. The van der Waals surface area contributed by atoms with Gasteiger partial charge in [0.25, 0.3) is 0 Å². The summed E-state index contributed by atoms with van der Waals surface area (Å²) in [6, 6.07) is 18.6. The first-order chi connectivity index (χ1) is 13.3. The fourth-order valence-corrected chi connectivity index (χ4v) is 3.76. The van der Waals surface area contributed by atoms with Crippen molar-refractivity contribution in [3.63, 3.8) is 0 Å². The largest absolute Gasteiger partial charge is 0.489 e. The third-order valence-corrected chi connectivity index (χ3v) is 5.20. The Kier molecular flexibility index (Phi) is 5.33. The van der Waals surface area contributed by atoms with E-state index in [-0.39, 0.29) is 0 Å². The highest BCUT2D eigenvalue weighted by Crippen LogP contribution is 2.33.